The first kappa shape index (κ1) is 40.1. The molecule has 1 unspecified atom stereocenters. The van der Waals surface area contributed by atoms with Crippen LogP contribution in [0.1, 0.15) is 174 Å². The van der Waals surface area contributed by atoms with E-state index in [1.165, 1.54) is 122 Å². The summed E-state index contributed by atoms with van der Waals surface area (Å²) in [5.41, 5.74) is 0. The molecule has 0 spiro atoms. The Hall–Kier alpha value is -0.883. The summed E-state index contributed by atoms with van der Waals surface area (Å²) in [6, 6.07) is 0. The molecule has 0 radical (unpaired) electrons. The van der Waals surface area contributed by atoms with Gasteiger partial charge in [-0.15, -0.1) is 0 Å². The Morgan fingerprint density at radius 1 is 0.488 bits per heavy atom. The smallest absolute Gasteiger partial charge is 0.306 e. The molecule has 0 saturated heterocycles. The number of carbonyl (C=O) groups excluding carboxylic acids is 2. The normalized spacial score (nSPS) is 12.4. The number of unbranched alkanes of at least 4 members (excludes halogenated alkanes) is 21. The molecule has 6 heteroatoms. The molecule has 1 atom stereocenters. The molecule has 0 aromatic carbocycles. The van der Waals surface area contributed by atoms with Crippen molar-refractivity contribution in [1.82, 2.24) is 0 Å². The van der Waals surface area contributed by atoms with Gasteiger partial charge < -0.3 is 13.9 Å². The lowest BCUT2D eigenvalue weighted by Crippen LogP contribution is -2.35. The number of ether oxygens (including phenoxy) is 2. The lowest BCUT2D eigenvalue weighted by atomic mass is 10.0. The van der Waals surface area contributed by atoms with Crippen LogP contribution in [0.3, 0.4) is 0 Å². The topological polar surface area (TPSA) is 61.8 Å². The molecule has 0 N–H and O–H groups in total. The maximum atomic E-state index is 12.5. The SMILES string of the molecule is CCCCCCCCCCCCCCC(=O)OC(COC(=O)CCCCCCCCCCCCC)CO[Si](C)(C)C. The van der Waals surface area contributed by atoms with Crippen LogP contribution in [0.4, 0.5) is 0 Å². The van der Waals surface area contributed by atoms with E-state index in [-0.39, 0.29) is 18.5 Å². The predicted octanol–water partition coefficient (Wildman–Crippen LogP) is 11.1. The molecule has 0 aliphatic rings. The van der Waals surface area contributed by atoms with Gasteiger partial charge in [-0.05, 0) is 32.5 Å². The number of rotatable bonds is 31. The maximum Gasteiger partial charge on any atom is 0.306 e. The van der Waals surface area contributed by atoms with E-state index >= 15 is 0 Å². The highest BCUT2D eigenvalue weighted by Gasteiger charge is 2.22. The first-order chi connectivity index (χ1) is 19.8. The summed E-state index contributed by atoms with van der Waals surface area (Å²) in [6.45, 7) is 11.2. The molecule has 0 aromatic heterocycles. The van der Waals surface area contributed by atoms with Crippen molar-refractivity contribution in [1.29, 1.82) is 0 Å². The van der Waals surface area contributed by atoms with Crippen LogP contribution in [0.25, 0.3) is 0 Å². The van der Waals surface area contributed by atoms with E-state index in [2.05, 4.69) is 33.5 Å². The third-order valence-corrected chi connectivity index (χ3v) is 8.68. The molecular weight excluding hydrogens is 528 g/mol. The van der Waals surface area contributed by atoms with Crippen LogP contribution in [0.2, 0.25) is 19.6 Å². The lowest BCUT2D eigenvalue weighted by Gasteiger charge is -2.23. The van der Waals surface area contributed by atoms with Crippen molar-refractivity contribution < 1.29 is 23.5 Å². The Bertz CT molecular complexity index is 590. The second-order valence-corrected chi connectivity index (χ2v) is 17.7. The van der Waals surface area contributed by atoms with E-state index in [1.807, 2.05) is 0 Å². The number of hydrogen-bond acceptors (Lipinski definition) is 5. The van der Waals surface area contributed by atoms with Crippen molar-refractivity contribution in [2.24, 2.45) is 0 Å². The van der Waals surface area contributed by atoms with Crippen LogP contribution in [0.5, 0.6) is 0 Å². The monoisotopic (exact) mass is 598 g/mol. The molecular formula is C35H70O5Si. The Labute approximate surface area is 256 Å². The first-order valence-electron chi connectivity index (χ1n) is 17.8. The Morgan fingerprint density at radius 2 is 0.829 bits per heavy atom. The number of carbonyl (C=O) groups is 2. The minimum atomic E-state index is -1.77. The van der Waals surface area contributed by atoms with Crippen LogP contribution in [0.15, 0.2) is 0 Å². The van der Waals surface area contributed by atoms with Gasteiger partial charge in [0, 0.05) is 12.8 Å². The quantitative estimate of drug-likeness (QED) is 0.0451. The summed E-state index contributed by atoms with van der Waals surface area (Å²) >= 11 is 0. The molecule has 0 rings (SSSR count). The Balaban J connectivity index is 3.98. The van der Waals surface area contributed by atoms with Crippen LogP contribution < -0.4 is 0 Å². The van der Waals surface area contributed by atoms with E-state index < -0.39 is 14.4 Å². The molecule has 0 saturated carbocycles. The van der Waals surface area contributed by atoms with Crippen LogP contribution in [-0.2, 0) is 23.5 Å². The van der Waals surface area contributed by atoms with Gasteiger partial charge in [-0.25, -0.2) is 0 Å². The van der Waals surface area contributed by atoms with Gasteiger partial charge in [-0.1, -0.05) is 149 Å². The van der Waals surface area contributed by atoms with Crippen molar-refractivity contribution in [2.75, 3.05) is 13.2 Å². The first-order valence-corrected chi connectivity index (χ1v) is 21.2. The van der Waals surface area contributed by atoms with Crippen molar-refractivity contribution >= 4 is 20.3 Å². The highest BCUT2D eigenvalue weighted by molar-refractivity contribution is 6.69. The summed E-state index contributed by atoms with van der Waals surface area (Å²) in [5.74, 6) is -0.404. The summed E-state index contributed by atoms with van der Waals surface area (Å²) in [4.78, 5) is 24.8. The van der Waals surface area contributed by atoms with E-state index in [0.717, 1.165) is 25.7 Å². The average molecular weight is 599 g/mol. The van der Waals surface area contributed by atoms with Crippen LogP contribution in [0, 0.1) is 0 Å². The van der Waals surface area contributed by atoms with E-state index in [0.29, 0.717) is 19.4 Å². The summed E-state index contributed by atoms with van der Waals surface area (Å²) < 4.78 is 17.2. The Morgan fingerprint density at radius 3 is 1.20 bits per heavy atom. The molecule has 0 amide bonds. The zero-order valence-corrected chi connectivity index (χ0v) is 29.2. The molecule has 5 nitrogen and oxygen atoms in total. The van der Waals surface area contributed by atoms with Gasteiger partial charge in [-0.3, -0.25) is 9.59 Å². The predicted molar refractivity (Wildman–Crippen MR) is 177 cm³/mol. The molecule has 0 heterocycles. The fourth-order valence-corrected chi connectivity index (χ4v) is 5.69. The molecule has 0 aromatic rings. The van der Waals surface area contributed by atoms with E-state index in [1.54, 1.807) is 0 Å². The van der Waals surface area contributed by atoms with Crippen molar-refractivity contribution in [3.8, 4) is 0 Å². The summed E-state index contributed by atoms with van der Waals surface area (Å²) in [5, 5.41) is 0. The molecule has 0 bridgehead atoms. The molecule has 0 aliphatic carbocycles. The summed E-state index contributed by atoms with van der Waals surface area (Å²) in [6.07, 6.45) is 29.4. The standard InChI is InChI=1S/C35H70O5Si/c1-6-8-10-12-14-16-18-20-22-24-26-28-30-35(37)40-33(32-39-41(3,4)5)31-38-34(36)29-27-25-23-21-19-17-15-13-11-9-7-2/h33H,6-32H2,1-5H3. The largest absolute Gasteiger partial charge is 0.462 e. The van der Waals surface area contributed by atoms with Crippen LogP contribution >= 0.6 is 0 Å². The van der Waals surface area contributed by atoms with Crippen molar-refractivity contribution in [2.45, 2.75) is 200 Å². The molecule has 0 fully saturated rings. The van der Waals surface area contributed by atoms with E-state index in [4.69, 9.17) is 13.9 Å². The van der Waals surface area contributed by atoms with Gasteiger partial charge in [0.15, 0.2) is 14.4 Å². The fraction of sp³-hybridized carbons (Fsp3) is 0.943. The van der Waals surface area contributed by atoms with Gasteiger partial charge in [0.25, 0.3) is 0 Å². The second kappa shape index (κ2) is 29.2. The average Bonchev–Trinajstić information content (AvgIpc) is 2.93. The third-order valence-electron chi connectivity index (χ3n) is 7.65. The summed E-state index contributed by atoms with van der Waals surface area (Å²) in [7, 11) is -1.77. The van der Waals surface area contributed by atoms with Gasteiger partial charge in [0.2, 0.25) is 0 Å². The van der Waals surface area contributed by atoms with Crippen molar-refractivity contribution in [3.05, 3.63) is 0 Å². The minimum Gasteiger partial charge on any atom is -0.462 e. The second-order valence-electron chi connectivity index (χ2n) is 13.1. The third kappa shape index (κ3) is 31.9. The van der Waals surface area contributed by atoms with Gasteiger partial charge in [-0.2, -0.15) is 0 Å². The minimum absolute atomic E-state index is 0.0888. The highest BCUT2D eigenvalue weighted by atomic mass is 28.4. The van der Waals surface area contributed by atoms with Gasteiger partial charge >= 0.3 is 11.9 Å². The highest BCUT2D eigenvalue weighted by Crippen LogP contribution is 2.15. The lowest BCUT2D eigenvalue weighted by molar-refractivity contribution is -0.161. The number of esters is 2. The maximum absolute atomic E-state index is 12.5. The zero-order chi connectivity index (χ0) is 30.4. The molecule has 41 heavy (non-hydrogen) atoms. The van der Waals surface area contributed by atoms with Gasteiger partial charge in [0.05, 0.1) is 6.61 Å². The Kier molecular flexibility index (Phi) is 28.6. The number of hydrogen-bond donors (Lipinski definition) is 0. The fourth-order valence-electron chi connectivity index (χ4n) is 5.01. The van der Waals surface area contributed by atoms with Crippen LogP contribution in [-0.4, -0.2) is 39.6 Å². The molecule has 0 aliphatic heterocycles. The van der Waals surface area contributed by atoms with Crippen molar-refractivity contribution in [3.63, 3.8) is 0 Å². The molecule has 244 valence electrons. The zero-order valence-electron chi connectivity index (χ0n) is 28.2. The van der Waals surface area contributed by atoms with Gasteiger partial charge in [0.1, 0.15) is 6.61 Å². The van der Waals surface area contributed by atoms with E-state index in [9.17, 15) is 9.59 Å².